The molecule has 1 aliphatic heterocycles. The molecule has 0 saturated carbocycles. The maximum absolute atomic E-state index is 13.0. The Balaban J connectivity index is 1.85. The van der Waals surface area contributed by atoms with E-state index >= 15 is 0 Å². The minimum Gasteiger partial charge on any atom is -0.481 e. The fourth-order valence-electron chi connectivity index (χ4n) is 3.17. The van der Waals surface area contributed by atoms with Crippen molar-refractivity contribution in [3.8, 4) is 5.88 Å². The molecule has 128 valence electrons. The third kappa shape index (κ3) is 3.25. The second kappa shape index (κ2) is 7.42. The van der Waals surface area contributed by atoms with Gasteiger partial charge in [0, 0.05) is 25.4 Å². The molecule has 0 aliphatic carbocycles. The summed E-state index contributed by atoms with van der Waals surface area (Å²) in [7, 11) is 1.56. The van der Waals surface area contributed by atoms with Crippen LogP contribution in [0.2, 0.25) is 0 Å². The van der Waals surface area contributed by atoms with Gasteiger partial charge in [0.1, 0.15) is 6.33 Å². The zero-order valence-corrected chi connectivity index (χ0v) is 14.2. The fraction of sp³-hybridized carbons (Fsp3) is 0.529. The fourth-order valence-corrected chi connectivity index (χ4v) is 3.17. The van der Waals surface area contributed by atoms with Crippen molar-refractivity contribution in [3.63, 3.8) is 0 Å². The molecule has 1 unspecified atom stereocenters. The number of carbonyl (C=O) groups is 1. The predicted molar refractivity (Wildman–Crippen MR) is 88.7 cm³/mol. The summed E-state index contributed by atoms with van der Waals surface area (Å²) in [6.45, 7) is 3.72. The first-order valence-electron chi connectivity index (χ1n) is 8.43. The molecule has 0 spiro atoms. The van der Waals surface area contributed by atoms with E-state index in [-0.39, 0.29) is 11.9 Å². The van der Waals surface area contributed by atoms with E-state index in [2.05, 4.69) is 26.7 Å². The molecule has 24 heavy (non-hydrogen) atoms. The van der Waals surface area contributed by atoms with E-state index < -0.39 is 0 Å². The maximum Gasteiger partial charge on any atom is 0.256 e. The molecule has 1 aliphatic rings. The molecule has 1 amide bonds. The summed E-state index contributed by atoms with van der Waals surface area (Å²) in [6, 6.07) is 3.45. The molecule has 1 atom stereocenters. The van der Waals surface area contributed by atoms with Gasteiger partial charge in [-0.3, -0.25) is 4.79 Å². The Labute approximate surface area is 141 Å². The summed E-state index contributed by atoms with van der Waals surface area (Å²) in [5.74, 6) is 1.37. The van der Waals surface area contributed by atoms with Crippen LogP contribution in [0.1, 0.15) is 54.8 Å². The molecule has 7 nitrogen and oxygen atoms in total. The van der Waals surface area contributed by atoms with Gasteiger partial charge in [0.05, 0.1) is 18.7 Å². The first-order valence-corrected chi connectivity index (χ1v) is 8.43. The Hall–Kier alpha value is -2.44. The van der Waals surface area contributed by atoms with Crippen molar-refractivity contribution in [2.75, 3.05) is 13.7 Å². The number of nitrogens with zero attached hydrogens (tertiary/aromatic N) is 5. The lowest BCUT2D eigenvalue weighted by Crippen LogP contribution is -2.39. The minimum atomic E-state index is -0.0256. The van der Waals surface area contributed by atoms with Gasteiger partial charge < -0.3 is 14.2 Å². The summed E-state index contributed by atoms with van der Waals surface area (Å²) < 4.78 is 7.12. The summed E-state index contributed by atoms with van der Waals surface area (Å²) in [4.78, 5) is 19.0. The van der Waals surface area contributed by atoms with E-state index in [0.717, 1.165) is 44.6 Å². The zero-order valence-electron chi connectivity index (χ0n) is 14.2. The van der Waals surface area contributed by atoms with Crippen molar-refractivity contribution in [1.82, 2.24) is 24.6 Å². The van der Waals surface area contributed by atoms with Crippen LogP contribution < -0.4 is 4.74 Å². The van der Waals surface area contributed by atoms with Gasteiger partial charge in [-0.15, -0.1) is 10.2 Å². The average Bonchev–Trinajstić information content (AvgIpc) is 3.09. The highest BCUT2D eigenvalue weighted by Gasteiger charge is 2.32. The third-order valence-electron chi connectivity index (χ3n) is 4.36. The van der Waals surface area contributed by atoms with Gasteiger partial charge in [-0.1, -0.05) is 6.92 Å². The number of pyridine rings is 1. The van der Waals surface area contributed by atoms with Gasteiger partial charge in [-0.25, -0.2) is 4.98 Å². The van der Waals surface area contributed by atoms with Crippen LogP contribution in [0.15, 0.2) is 24.7 Å². The molecule has 7 heteroatoms. The number of piperidine rings is 1. The van der Waals surface area contributed by atoms with Gasteiger partial charge in [0.2, 0.25) is 5.88 Å². The van der Waals surface area contributed by atoms with E-state index in [1.165, 1.54) is 0 Å². The van der Waals surface area contributed by atoms with Crippen molar-refractivity contribution < 1.29 is 9.53 Å². The second-order valence-electron chi connectivity index (χ2n) is 5.98. The smallest absolute Gasteiger partial charge is 0.256 e. The molecule has 3 rings (SSSR count). The molecule has 1 fully saturated rings. The van der Waals surface area contributed by atoms with Crippen LogP contribution in [0, 0.1) is 0 Å². The lowest BCUT2D eigenvalue weighted by molar-refractivity contribution is 0.0594. The number of rotatable bonds is 5. The molecule has 2 aromatic heterocycles. The normalized spacial score (nSPS) is 17.8. The van der Waals surface area contributed by atoms with Crippen molar-refractivity contribution in [3.05, 3.63) is 36.0 Å². The molecule has 0 N–H and O–H groups in total. The zero-order chi connectivity index (χ0) is 16.9. The molecule has 1 saturated heterocycles. The number of aryl methyl sites for hydroxylation is 1. The maximum atomic E-state index is 13.0. The van der Waals surface area contributed by atoms with Gasteiger partial charge in [-0.05, 0) is 31.7 Å². The van der Waals surface area contributed by atoms with Crippen LogP contribution >= 0.6 is 0 Å². The first kappa shape index (κ1) is 16.4. The standard InChI is InChI=1S/C17H23N5O2/c1-3-9-21-12-19-20-16(21)14-6-4-5-10-22(14)17(23)13-7-8-15(24-2)18-11-13/h7-8,11-12,14H,3-6,9-10H2,1-2H3. The number of hydrogen-bond donors (Lipinski definition) is 0. The Kier molecular flexibility index (Phi) is 5.08. The van der Waals surface area contributed by atoms with Gasteiger partial charge >= 0.3 is 0 Å². The Bertz CT molecular complexity index is 683. The van der Waals surface area contributed by atoms with E-state index in [9.17, 15) is 4.79 Å². The van der Waals surface area contributed by atoms with E-state index in [0.29, 0.717) is 11.4 Å². The van der Waals surface area contributed by atoms with Crippen LogP contribution in [-0.4, -0.2) is 44.2 Å². The number of methoxy groups -OCH3 is 1. The quantitative estimate of drug-likeness (QED) is 0.842. The molecule has 0 bridgehead atoms. The number of amides is 1. The minimum absolute atomic E-state index is 0.0131. The SMILES string of the molecule is CCCn1cnnc1C1CCCCN1C(=O)c1ccc(OC)nc1. The van der Waals surface area contributed by atoms with Crippen LogP contribution in [0.5, 0.6) is 5.88 Å². The Morgan fingerprint density at radius 1 is 1.38 bits per heavy atom. The number of ether oxygens (including phenoxy) is 1. The number of carbonyl (C=O) groups excluding carboxylic acids is 1. The highest BCUT2D eigenvalue weighted by atomic mass is 16.5. The highest BCUT2D eigenvalue weighted by Crippen LogP contribution is 2.31. The lowest BCUT2D eigenvalue weighted by atomic mass is 10.00. The summed E-state index contributed by atoms with van der Waals surface area (Å²) in [6.07, 6.45) is 7.35. The Morgan fingerprint density at radius 3 is 2.96 bits per heavy atom. The van der Waals surface area contributed by atoms with Crippen LogP contribution in [0.4, 0.5) is 0 Å². The summed E-state index contributed by atoms with van der Waals surface area (Å²) in [5.41, 5.74) is 0.573. The second-order valence-corrected chi connectivity index (χ2v) is 5.98. The summed E-state index contributed by atoms with van der Waals surface area (Å²) in [5, 5.41) is 8.35. The van der Waals surface area contributed by atoms with E-state index in [1.807, 2.05) is 4.90 Å². The topological polar surface area (TPSA) is 73.1 Å². The number of likely N-dealkylation sites (tertiary alicyclic amines) is 1. The Morgan fingerprint density at radius 2 is 2.25 bits per heavy atom. The monoisotopic (exact) mass is 329 g/mol. The largest absolute Gasteiger partial charge is 0.481 e. The lowest BCUT2D eigenvalue weighted by Gasteiger charge is -2.35. The molecule has 0 aromatic carbocycles. The molecular weight excluding hydrogens is 306 g/mol. The van der Waals surface area contributed by atoms with Crippen molar-refractivity contribution in [1.29, 1.82) is 0 Å². The highest BCUT2D eigenvalue weighted by molar-refractivity contribution is 5.94. The third-order valence-corrected chi connectivity index (χ3v) is 4.36. The van der Waals surface area contributed by atoms with Crippen LogP contribution in [-0.2, 0) is 6.54 Å². The van der Waals surface area contributed by atoms with Gasteiger partial charge in [0.15, 0.2) is 5.82 Å². The number of aromatic nitrogens is 4. The molecular formula is C17H23N5O2. The molecule has 2 aromatic rings. The predicted octanol–water partition coefficient (Wildman–Crippen LogP) is 2.46. The van der Waals surface area contributed by atoms with Gasteiger partial charge in [-0.2, -0.15) is 0 Å². The van der Waals surface area contributed by atoms with Crippen molar-refractivity contribution in [2.24, 2.45) is 0 Å². The van der Waals surface area contributed by atoms with Gasteiger partial charge in [0.25, 0.3) is 5.91 Å². The van der Waals surface area contributed by atoms with Crippen LogP contribution in [0.25, 0.3) is 0 Å². The average molecular weight is 329 g/mol. The molecule has 0 radical (unpaired) electrons. The van der Waals surface area contributed by atoms with E-state index in [1.54, 1.807) is 31.8 Å². The number of hydrogen-bond acceptors (Lipinski definition) is 5. The van der Waals surface area contributed by atoms with Crippen molar-refractivity contribution >= 4 is 5.91 Å². The first-order chi connectivity index (χ1) is 11.7. The summed E-state index contributed by atoms with van der Waals surface area (Å²) >= 11 is 0. The van der Waals surface area contributed by atoms with Crippen molar-refractivity contribution in [2.45, 2.75) is 45.2 Å². The van der Waals surface area contributed by atoms with Crippen LogP contribution in [0.3, 0.4) is 0 Å². The van der Waals surface area contributed by atoms with E-state index in [4.69, 9.17) is 4.74 Å². The molecule has 3 heterocycles.